The monoisotopic (exact) mass is 327 g/mol. The van der Waals surface area contributed by atoms with Crippen molar-refractivity contribution in [2.24, 2.45) is 0 Å². The number of carbonyl (C=O) groups excluding carboxylic acids is 1. The van der Waals surface area contributed by atoms with Gasteiger partial charge in [-0.3, -0.25) is 4.79 Å². The predicted octanol–water partition coefficient (Wildman–Crippen LogP) is 4.16. The molecule has 120 valence electrons. The molecule has 1 aliphatic heterocycles. The Bertz CT molecular complexity index is 672. The van der Waals surface area contributed by atoms with Gasteiger partial charge in [0.1, 0.15) is 5.75 Å². The number of amides is 1. The van der Waals surface area contributed by atoms with E-state index in [1.807, 2.05) is 35.2 Å². The molecule has 0 saturated carbocycles. The molecule has 23 heavy (non-hydrogen) atoms. The number of fused-ring (bicyclic) bond motifs is 1. The van der Waals surface area contributed by atoms with E-state index in [1.54, 1.807) is 18.9 Å². The Labute approximate surface area is 141 Å². The fraction of sp³-hybridized carbons (Fsp3) is 0.316. The minimum atomic E-state index is 0.214. The Morgan fingerprint density at radius 3 is 2.83 bits per heavy atom. The van der Waals surface area contributed by atoms with Gasteiger partial charge in [0.2, 0.25) is 5.91 Å². The summed E-state index contributed by atoms with van der Waals surface area (Å²) in [5.41, 5.74) is 2.25. The number of anilines is 1. The SMILES string of the molecule is COc1ccc2c(c1)N(C(=O)CCCSc1ccccc1)CC2. The summed E-state index contributed by atoms with van der Waals surface area (Å²) in [7, 11) is 1.66. The molecule has 1 heterocycles. The fourth-order valence-corrected chi connectivity index (χ4v) is 3.68. The summed E-state index contributed by atoms with van der Waals surface area (Å²) in [6.45, 7) is 0.785. The van der Waals surface area contributed by atoms with Crippen molar-refractivity contribution in [3.05, 3.63) is 54.1 Å². The number of benzene rings is 2. The van der Waals surface area contributed by atoms with Crippen LogP contribution in [0, 0.1) is 0 Å². The maximum Gasteiger partial charge on any atom is 0.227 e. The molecule has 0 radical (unpaired) electrons. The first-order chi connectivity index (χ1) is 11.3. The summed E-state index contributed by atoms with van der Waals surface area (Å²) in [6, 6.07) is 16.3. The minimum Gasteiger partial charge on any atom is -0.497 e. The maximum atomic E-state index is 12.5. The van der Waals surface area contributed by atoms with Gasteiger partial charge in [-0.05, 0) is 42.4 Å². The third-order valence-corrected chi connectivity index (χ3v) is 5.13. The number of methoxy groups -OCH3 is 1. The van der Waals surface area contributed by atoms with Gasteiger partial charge in [0.15, 0.2) is 0 Å². The van der Waals surface area contributed by atoms with Crippen LogP contribution in [0.3, 0.4) is 0 Å². The van der Waals surface area contributed by atoms with Gasteiger partial charge >= 0.3 is 0 Å². The highest BCUT2D eigenvalue weighted by Gasteiger charge is 2.24. The first kappa shape index (κ1) is 15.9. The molecular weight excluding hydrogens is 306 g/mol. The van der Waals surface area contributed by atoms with E-state index in [-0.39, 0.29) is 5.91 Å². The summed E-state index contributed by atoms with van der Waals surface area (Å²) >= 11 is 1.81. The van der Waals surface area contributed by atoms with Gasteiger partial charge in [-0.15, -0.1) is 11.8 Å². The Kier molecular flexibility index (Phi) is 5.23. The van der Waals surface area contributed by atoms with Crippen LogP contribution >= 0.6 is 11.8 Å². The van der Waals surface area contributed by atoms with Gasteiger partial charge in [-0.25, -0.2) is 0 Å². The highest BCUT2D eigenvalue weighted by Crippen LogP contribution is 2.32. The van der Waals surface area contributed by atoms with Gasteiger partial charge in [-0.1, -0.05) is 24.3 Å². The Balaban J connectivity index is 1.52. The Morgan fingerprint density at radius 2 is 2.04 bits per heavy atom. The van der Waals surface area contributed by atoms with Crippen LogP contribution in [0.2, 0.25) is 0 Å². The van der Waals surface area contributed by atoms with Crippen LogP contribution in [0.5, 0.6) is 5.75 Å². The number of hydrogen-bond acceptors (Lipinski definition) is 3. The zero-order chi connectivity index (χ0) is 16.1. The molecule has 0 spiro atoms. The quantitative estimate of drug-likeness (QED) is 0.589. The van der Waals surface area contributed by atoms with Gasteiger partial charge in [0.25, 0.3) is 0 Å². The molecule has 0 bridgehead atoms. The zero-order valence-electron chi connectivity index (χ0n) is 13.3. The van der Waals surface area contributed by atoms with Gasteiger partial charge in [0.05, 0.1) is 12.8 Å². The molecule has 0 atom stereocenters. The summed E-state index contributed by atoms with van der Waals surface area (Å²) in [6.07, 6.45) is 2.43. The zero-order valence-corrected chi connectivity index (χ0v) is 14.1. The van der Waals surface area contributed by atoms with Crippen molar-refractivity contribution >= 4 is 23.4 Å². The highest BCUT2D eigenvalue weighted by molar-refractivity contribution is 7.99. The van der Waals surface area contributed by atoms with Crippen LogP contribution in [0.15, 0.2) is 53.4 Å². The number of thioether (sulfide) groups is 1. The van der Waals surface area contributed by atoms with Crippen molar-refractivity contribution in [2.45, 2.75) is 24.2 Å². The standard InChI is InChI=1S/C19H21NO2S/c1-22-16-10-9-15-11-12-20(18(15)14-16)19(21)8-5-13-23-17-6-3-2-4-7-17/h2-4,6-7,9-10,14H,5,8,11-13H2,1H3. The summed E-state index contributed by atoms with van der Waals surface area (Å²) in [5, 5.41) is 0. The molecule has 2 aromatic carbocycles. The van der Waals surface area contributed by atoms with Crippen molar-refractivity contribution in [3.8, 4) is 5.75 Å². The van der Waals surface area contributed by atoms with Crippen molar-refractivity contribution < 1.29 is 9.53 Å². The van der Waals surface area contributed by atoms with E-state index < -0.39 is 0 Å². The van der Waals surface area contributed by atoms with E-state index >= 15 is 0 Å². The van der Waals surface area contributed by atoms with Gasteiger partial charge in [0, 0.05) is 23.9 Å². The summed E-state index contributed by atoms with van der Waals surface area (Å²) in [4.78, 5) is 15.7. The van der Waals surface area contributed by atoms with Gasteiger partial charge in [-0.2, -0.15) is 0 Å². The van der Waals surface area contributed by atoms with E-state index in [9.17, 15) is 4.79 Å². The highest BCUT2D eigenvalue weighted by atomic mass is 32.2. The molecule has 0 N–H and O–H groups in total. The van der Waals surface area contributed by atoms with Crippen LogP contribution < -0.4 is 9.64 Å². The maximum absolute atomic E-state index is 12.5. The number of hydrogen-bond donors (Lipinski definition) is 0. The van der Waals surface area contributed by atoms with E-state index in [4.69, 9.17) is 4.74 Å². The lowest BCUT2D eigenvalue weighted by molar-refractivity contribution is -0.118. The van der Waals surface area contributed by atoms with Gasteiger partial charge < -0.3 is 9.64 Å². The molecule has 0 aliphatic carbocycles. The molecule has 4 heteroatoms. The number of ether oxygens (including phenoxy) is 1. The minimum absolute atomic E-state index is 0.214. The second kappa shape index (κ2) is 7.55. The lowest BCUT2D eigenvalue weighted by Gasteiger charge is -2.18. The second-order valence-electron chi connectivity index (χ2n) is 5.56. The lowest BCUT2D eigenvalue weighted by Crippen LogP contribution is -2.28. The molecule has 0 aromatic heterocycles. The Hall–Kier alpha value is -1.94. The Morgan fingerprint density at radius 1 is 1.22 bits per heavy atom. The molecule has 3 nitrogen and oxygen atoms in total. The van der Waals surface area contributed by atoms with E-state index in [1.165, 1.54) is 10.5 Å². The van der Waals surface area contributed by atoms with Crippen LogP contribution in [-0.2, 0) is 11.2 Å². The van der Waals surface area contributed by atoms with E-state index in [2.05, 4.69) is 18.2 Å². The number of nitrogens with zero attached hydrogens (tertiary/aromatic N) is 1. The van der Waals surface area contributed by atoms with Crippen LogP contribution in [0.1, 0.15) is 18.4 Å². The van der Waals surface area contributed by atoms with Crippen molar-refractivity contribution in [1.82, 2.24) is 0 Å². The third kappa shape index (κ3) is 3.88. The molecule has 0 fully saturated rings. The average molecular weight is 327 g/mol. The molecule has 0 unspecified atom stereocenters. The normalized spacial score (nSPS) is 13.0. The molecular formula is C19H21NO2S. The smallest absolute Gasteiger partial charge is 0.227 e. The third-order valence-electron chi connectivity index (χ3n) is 4.04. The molecule has 2 aromatic rings. The van der Waals surface area contributed by atoms with Crippen LogP contribution in [0.25, 0.3) is 0 Å². The van der Waals surface area contributed by atoms with Crippen LogP contribution in [-0.4, -0.2) is 25.3 Å². The molecule has 1 aliphatic rings. The molecule has 3 rings (SSSR count). The first-order valence-corrected chi connectivity index (χ1v) is 8.91. The molecule has 0 saturated heterocycles. The second-order valence-corrected chi connectivity index (χ2v) is 6.72. The van der Waals surface area contributed by atoms with E-state index in [0.717, 1.165) is 36.6 Å². The number of rotatable bonds is 6. The topological polar surface area (TPSA) is 29.5 Å². The predicted molar refractivity (Wildman–Crippen MR) is 95.5 cm³/mol. The number of carbonyl (C=O) groups is 1. The largest absolute Gasteiger partial charge is 0.497 e. The average Bonchev–Trinajstić information content (AvgIpc) is 3.02. The molecule has 1 amide bonds. The summed E-state index contributed by atoms with van der Waals surface area (Å²) in [5.74, 6) is 1.99. The van der Waals surface area contributed by atoms with Crippen molar-refractivity contribution in [1.29, 1.82) is 0 Å². The fourth-order valence-electron chi connectivity index (χ4n) is 2.81. The summed E-state index contributed by atoms with van der Waals surface area (Å²) < 4.78 is 5.27. The first-order valence-electron chi connectivity index (χ1n) is 7.93. The van der Waals surface area contributed by atoms with Crippen molar-refractivity contribution in [2.75, 3.05) is 24.3 Å². The van der Waals surface area contributed by atoms with E-state index in [0.29, 0.717) is 6.42 Å². The van der Waals surface area contributed by atoms with Crippen LogP contribution in [0.4, 0.5) is 5.69 Å². The lowest BCUT2D eigenvalue weighted by atomic mass is 10.1. The van der Waals surface area contributed by atoms with Crippen molar-refractivity contribution in [3.63, 3.8) is 0 Å².